The molecule has 0 saturated heterocycles. The maximum Gasteiger partial charge on any atom is 0.270 e. The molecule has 0 spiro atoms. The second-order valence-corrected chi connectivity index (χ2v) is 5.01. The summed E-state index contributed by atoms with van der Waals surface area (Å²) in [5, 5.41) is 14.4. The molecule has 4 N–H and O–H groups in total. The van der Waals surface area contributed by atoms with Crippen LogP contribution in [0.4, 0.5) is 0 Å². The van der Waals surface area contributed by atoms with Crippen LogP contribution in [0.15, 0.2) is 23.5 Å². The molecule has 1 saturated carbocycles. The molecular formula is C13H18N4O2. The van der Waals surface area contributed by atoms with Crippen molar-refractivity contribution >= 4 is 11.7 Å². The van der Waals surface area contributed by atoms with E-state index in [0.717, 1.165) is 19.3 Å². The minimum atomic E-state index is -0.176. The van der Waals surface area contributed by atoms with Crippen molar-refractivity contribution in [3.05, 3.63) is 29.6 Å². The van der Waals surface area contributed by atoms with Gasteiger partial charge in [0.25, 0.3) is 5.91 Å². The van der Waals surface area contributed by atoms with Gasteiger partial charge in [-0.15, -0.1) is 0 Å². The van der Waals surface area contributed by atoms with Crippen molar-refractivity contribution in [3.8, 4) is 0 Å². The van der Waals surface area contributed by atoms with Crippen LogP contribution in [0.1, 0.15) is 42.2 Å². The topological polar surface area (TPSA) is 101 Å². The van der Waals surface area contributed by atoms with Gasteiger partial charge in [-0.25, -0.2) is 0 Å². The average Bonchev–Trinajstić information content (AvgIpc) is 2.83. The second-order valence-electron chi connectivity index (χ2n) is 5.01. The van der Waals surface area contributed by atoms with Crippen LogP contribution in [-0.2, 0) is 0 Å². The van der Waals surface area contributed by atoms with Crippen molar-refractivity contribution in [2.24, 2.45) is 16.8 Å². The quantitative estimate of drug-likeness (QED) is 0.328. The number of amides is 1. The number of nitrogens with one attached hydrogen (secondary N) is 1. The molecule has 0 radical (unpaired) electrons. The van der Waals surface area contributed by atoms with Crippen LogP contribution >= 0.6 is 0 Å². The van der Waals surface area contributed by atoms with Crippen molar-refractivity contribution in [1.29, 1.82) is 0 Å². The number of carbonyl (C=O) groups excluding carboxylic acids is 1. The van der Waals surface area contributed by atoms with Crippen LogP contribution in [0, 0.1) is 5.92 Å². The maximum absolute atomic E-state index is 12.0. The normalized spacial score (nSPS) is 23.3. The number of nitrogens with two attached hydrogens (primary N) is 1. The van der Waals surface area contributed by atoms with Crippen LogP contribution in [0.3, 0.4) is 0 Å². The lowest BCUT2D eigenvalue weighted by Gasteiger charge is -2.12. The predicted octanol–water partition coefficient (Wildman–Crippen LogP) is 1.09. The van der Waals surface area contributed by atoms with Gasteiger partial charge in [0.15, 0.2) is 5.84 Å². The van der Waals surface area contributed by atoms with Gasteiger partial charge in [0.05, 0.1) is 0 Å². The highest BCUT2D eigenvalue weighted by Crippen LogP contribution is 2.24. The summed E-state index contributed by atoms with van der Waals surface area (Å²) in [6.45, 7) is 2.19. The first-order valence-corrected chi connectivity index (χ1v) is 6.35. The molecular weight excluding hydrogens is 244 g/mol. The number of amidine groups is 1. The fourth-order valence-corrected chi connectivity index (χ4v) is 2.33. The Labute approximate surface area is 111 Å². The van der Waals surface area contributed by atoms with E-state index in [9.17, 15) is 4.79 Å². The molecule has 0 aliphatic heterocycles. The molecule has 1 fully saturated rings. The number of pyridine rings is 1. The van der Waals surface area contributed by atoms with Gasteiger partial charge >= 0.3 is 0 Å². The molecule has 1 amide bonds. The average molecular weight is 262 g/mol. The van der Waals surface area contributed by atoms with Crippen molar-refractivity contribution in [2.75, 3.05) is 0 Å². The molecule has 1 aromatic rings. The Bertz CT molecular complexity index is 484. The Morgan fingerprint density at radius 2 is 2.32 bits per heavy atom. The van der Waals surface area contributed by atoms with Gasteiger partial charge in [0, 0.05) is 17.8 Å². The van der Waals surface area contributed by atoms with E-state index < -0.39 is 0 Å². The lowest BCUT2D eigenvalue weighted by atomic mass is 10.1. The minimum absolute atomic E-state index is 0.0240. The molecule has 1 aromatic heterocycles. The van der Waals surface area contributed by atoms with Gasteiger partial charge in [0.2, 0.25) is 0 Å². The first-order chi connectivity index (χ1) is 9.10. The molecule has 1 aliphatic carbocycles. The number of carbonyl (C=O) groups is 1. The van der Waals surface area contributed by atoms with Crippen molar-refractivity contribution in [2.45, 2.75) is 32.2 Å². The van der Waals surface area contributed by atoms with Gasteiger partial charge < -0.3 is 16.3 Å². The summed E-state index contributed by atoms with van der Waals surface area (Å²) in [6.07, 6.45) is 4.62. The molecule has 6 nitrogen and oxygen atoms in total. The summed E-state index contributed by atoms with van der Waals surface area (Å²) < 4.78 is 0. The fraction of sp³-hybridized carbons (Fsp3) is 0.462. The van der Waals surface area contributed by atoms with Crippen LogP contribution in [0.2, 0.25) is 0 Å². The Hall–Kier alpha value is -2.11. The number of hydrogen-bond acceptors (Lipinski definition) is 4. The molecule has 1 aliphatic rings. The molecule has 2 unspecified atom stereocenters. The van der Waals surface area contributed by atoms with Gasteiger partial charge in [0.1, 0.15) is 5.69 Å². The number of aromatic nitrogens is 1. The highest BCUT2D eigenvalue weighted by molar-refractivity contribution is 5.98. The van der Waals surface area contributed by atoms with E-state index in [1.165, 1.54) is 6.20 Å². The third-order valence-corrected chi connectivity index (χ3v) is 3.43. The first kappa shape index (κ1) is 13.3. The lowest BCUT2D eigenvalue weighted by molar-refractivity contribution is 0.0932. The Kier molecular flexibility index (Phi) is 3.99. The Morgan fingerprint density at radius 1 is 1.53 bits per heavy atom. The molecule has 6 heteroatoms. The summed E-state index contributed by atoms with van der Waals surface area (Å²) in [5.74, 6) is 0.468. The minimum Gasteiger partial charge on any atom is -0.409 e. The number of rotatable bonds is 3. The van der Waals surface area contributed by atoms with Crippen molar-refractivity contribution < 1.29 is 10.0 Å². The highest BCUT2D eigenvalue weighted by atomic mass is 16.4. The number of nitrogens with zero attached hydrogens (tertiary/aromatic N) is 2. The van der Waals surface area contributed by atoms with Crippen LogP contribution in [-0.4, -0.2) is 28.0 Å². The summed E-state index contributed by atoms with van der Waals surface area (Å²) in [7, 11) is 0. The van der Waals surface area contributed by atoms with E-state index in [1.54, 1.807) is 12.1 Å². The zero-order chi connectivity index (χ0) is 13.8. The van der Waals surface area contributed by atoms with Crippen LogP contribution in [0.5, 0.6) is 0 Å². The largest absolute Gasteiger partial charge is 0.409 e. The molecule has 102 valence electrons. The van der Waals surface area contributed by atoms with E-state index in [0.29, 0.717) is 17.2 Å². The van der Waals surface area contributed by atoms with E-state index in [4.69, 9.17) is 10.9 Å². The second kappa shape index (κ2) is 5.69. The summed E-state index contributed by atoms with van der Waals surface area (Å²) in [4.78, 5) is 16.0. The van der Waals surface area contributed by atoms with E-state index in [2.05, 4.69) is 22.4 Å². The summed E-state index contributed by atoms with van der Waals surface area (Å²) in [5.41, 5.74) is 6.25. The SMILES string of the molecule is CC1CCC(NC(=O)c2ccc(/C(N)=N/O)cn2)C1. The zero-order valence-electron chi connectivity index (χ0n) is 10.8. The van der Waals surface area contributed by atoms with Crippen LogP contribution < -0.4 is 11.1 Å². The van der Waals surface area contributed by atoms with Gasteiger partial charge in [-0.1, -0.05) is 12.1 Å². The highest BCUT2D eigenvalue weighted by Gasteiger charge is 2.23. The molecule has 0 bridgehead atoms. The van der Waals surface area contributed by atoms with Gasteiger partial charge in [-0.05, 0) is 37.3 Å². The lowest BCUT2D eigenvalue weighted by Crippen LogP contribution is -2.33. The Balaban J connectivity index is 2.00. The monoisotopic (exact) mass is 262 g/mol. The molecule has 19 heavy (non-hydrogen) atoms. The summed E-state index contributed by atoms with van der Waals surface area (Å²) in [6, 6.07) is 3.42. The Morgan fingerprint density at radius 3 is 2.84 bits per heavy atom. The van der Waals surface area contributed by atoms with Gasteiger partial charge in [-0.3, -0.25) is 9.78 Å². The third-order valence-electron chi connectivity index (χ3n) is 3.43. The maximum atomic E-state index is 12.0. The molecule has 1 heterocycles. The fourth-order valence-electron chi connectivity index (χ4n) is 2.33. The standard InChI is InChI=1S/C13H18N4O2/c1-8-2-4-10(6-8)16-13(18)11-5-3-9(7-15-11)12(14)17-19/h3,5,7-8,10,19H,2,4,6H2,1H3,(H2,14,17)(H,16,18). The van der Waals surface area contributed by atoms with Crippen molar-refractivity contribution in [1.82, 2.24) is 10.3 Å². The first-order valence-electron chi connectivity index (χ1n) is 6.35. The molecule has 0 aromatic carbocycles. The summed E-state index contributed by atoms with van der Waals surface area (Å²) >= 11 is 0. The number of hydrogen-bond donors (Lipinski definition) is 3. The van der Waals surface area contributed by atoms with Crippen LogP contribution in [0.25, 0.3) is 0 Å². The smallest absolute Gasteiger partial charge is 0.270 e. The molecule has 2 atom stereocenters. The van der Waals surface area contributed by atoms with E-state index in [1.807, 2.05) is 0 Å². The zero-order valence-corrected chi connectivity index (χ0v) is 10.8. The third kappa shape index (κ3) is 3.21. The predicted molar refractivity (Wildman–Crippen MR) is 71.0 cm³/mol. The van der Waals surface area contributed by atoms with Crippen molar-refractivity contribution in [3.63, 3.8) is 0 Å². The van der Waals surface area contributed by atoms with E-state index >= 15 is 0 Å². The molecule has 2 rings (SSSR count). The number of oxime groups is 1. The van der Waals surface area contributed by atoms with Gasteiger partial charge in [-0.2, -0.15) is 0 Å². The van der Waals surface area contributed by atoms with E-state index in [-0.39, 0.29) is 17.8 Å².